The molecule has 168 valence electrons. The SMILES string of the molecule is O=C1C2CCCCC2NC(c2ccc(-c3ccccc3)cc2)N1Cc1ccc2c(c1)OCO2. The first-order valence-corrected chi connectivity index (χ1v) is 11.9. The molecule has 3 aromatic carbocycles. The van der Waals surface area contributed by atoms with Crippen LogP contribution >= 0.6 is 0 Å². The summed E-state index contributed by atoms with van der Waals surface area (Å²) >= 11 is 0. The van der Waals surface area contributed by atoms with Crippen LogP contribution < -0.4 is 14.8 Å². The van der Waals surface area contributed by atoms with Crippen molar-refractivity contribution in [2.24, 2.45) is 5.92 Å². The molecule has 3 aromatic rings. The molecule has 1 saturated heterocycles. The fraction of sp³-hybridized carbons (Fsp3) is 0.321. The van der Waals surface area contributed by atoms with E-state index in [-0.39, 0.29) is 30.8 Å². The van der Waals surface area contributed by atoms with Crippen LogP contribution in [0.4, 0.5) is 0 Å². The maximum atomic E-state index is 13.7. The maximum Gasteiger partial charge on any atom is 0.231 e. The van der Waals surface area contributed by atoms with Gasteiger partial charge in [0.1, 0.15) is 6.17 Å². The van der Waals surface area contributed by atoms with Gasteiger partial charge in [-0.3, -0.25) is 10.1 Å². The van der Waals surface area contributed by atoms with E-state index in [2.05, 4.69) is 53.8 Å². The number of amides is 1. The van der Waals surface area contributed by atoms with E-state index in [0.29, 0.717) is 6.54 Å². The van der Waals surface area contributed by atoms with Crippen LogP contribution in [0.3, 0.4) is 0 Å². The molecule has 1 N–H and O–H groups in total. The molecule has 33 heavy (non-hydrogen) atoms. The Hall–Kier alpha value is -3.31. The van der Waals surface area contributed by atoms with Gasteiger partial charge in [0.05, 0.1) is 5.92 Å². The van der Waals surface area contributed by atoms with Crippen LogP contribution in [0.25, 0.3) is 11.1 Å². The fourth-order valence-electron chi connectivity index (χ4n) is 5.43. The Kier molecular flexibility index (Phi) is 5.27. The molecule has 3 aliphatic rings. The molecule has 3 unspecified atom stereocenters. The van der Waals surface area contributed by atoms with Gasteiger partial charge in [-0.25, -0.2) is 0 Å². The summed E-state index contributed by atoms with van der Waals surface area (Å²) in [4.78, 5) is 15.7. The lowest BCUT2D eigenvalue weighted by Crippen LogP contribution is -2.58. The molecule has 6 rings (SSSR count). The number of nitrogens with zero attached hydrogens (tertiary/aromatic N) is 1. The summed E-state index contributed by atoms with van der Waals surface area (Å²) in [5, 5.41) is 3.83. The van der Waals surface area contributed by atoms with Crippen LogP contribution in [0.5, 0.6) is 11.5 Å². The number of ether oxygens (including phenoxy) is 2. The molecule has 0 radical (unpaired) electrons. The van der Waals surface area contributed by atoms with E-state index >= 15 is 0 Å². The molecule has 5 heteroatoms. The van der Waals surface area contributed by atoms with Crippen LogP contribution in [0.1, 0.15) is 43.0 Å². The quantitative estimate of drug-likeness (QED) is 0.600. The summed E-state index contributed by atoms with van der Waals surface area (Å²) in [6, 6.07) is 25.2. The van der Waals surface area contributed by atoms with E-state index in [4.69, 9.17) is 9.47 Å². The smallest absolute Gasteiger partial charge is 0.231 e. The molecule has 1 saturated carbocycles. The minimum Gasteiger partial charge on any atom is -0.454 e. The van der Waals surface area contributed by atoms with Gasteiger partial charge >= 0.3 is 0 Å². The molecular formula is C28H28N2O3. The van der Waals surface area contributed by atoms with Crippen molar-refractivity contribution in [3.8, 4) is 22.6 Å². The zero-order valence-corrected chi connectivity index (χ0v) is 18.6. The molecule has 1 amide bonds. The van der Waals surface area contributed by atoms with Crippen LogP contribution in [-0.4, -0.2) is 23.6 Å². The first kappa shape index (κ1) is 20.3. The maximum absolute atomic E-state index is 13.7. The minimum absolute atomic E-state index is 0.0626. The second-order valence-electron chi connectivity index (χ2n) is 9.21. The number of hydrogen-bond acceptors (Lipinski definition) is 4. The third-order valence-corrected chi connectivity index (χ3v) is 7.17. The summed E-state index contributed by atoms with van der Waals surface area (Å²) < 4.78 is 11.0. The van der Waals surface area contributed by atoms with Crippen molar-refractivity contribution < 1.29 is 14.3 Å². The van der Waals surface area contributed by atoms with Gasteiger partial charge in [-0.1, -0.05) is 73.5 Å². The Bertz CT molecular complexity index is 1150. The minimum atomic E-state index is -0.146. The van der Waals surface area contributed by atoms with E-state index < -0.39 is 0 Å². The Morgan fingerprint density at radius 2 is 1.61 bits per heavy atom. The van der Waals surface area contributed by atoms with Crippen molar-refractivity contribution in [2.75, 3.05) is 6.79 Å². The Labute approximate surface area is 194 Å². The highest BCUT2D eigenvalue weighted by Crippen LogP contribution is 2.38. The number of fused-ring (bicyclic) bond motifs is 2. The van der Waals surface area contributed by atoms with Gasteiger partial charge in [-0.15, -0.1) is 0 Å². The fourth-order valence-corrected chi connectivity index (χ4v) is 5.43. The number of rotatable bonds is 4. The van der Waals surface area contributed by atoms with E-state index in [0.717, 1.165) is 41.9 Å². The zero-order valence-electron chi connectivity index (χ0n) is 18.6. The van der Waals surface area contributed by atoms with E-state index in [9.17, 15) is 4.79 Å². The first-order valence-electron chi connectivity index (χ1n) is 11.9. The number of nitrogens with one attached hydrogen (secondary N) is 1. The van der Waals surface area contributed by atoms with Gasteiger partial charge in [-0.2, -0.15) is 0 Å². The summed E-state index contributed by atoms with van der Waals surface area (Å²) in [7, 11) is 0. The second-order valence-corrected chi connectivity index (χ2v) is 9.21. The topological polar surface area (TPSA) is 50.8 Å². The lowest BCUT2D eigenvalue weighted by molar-refractivity contribution is -0.147. The lowest BCUT2D eigenvalue weighted by atomic mass is 9.81. The van der Waals surface area contributed by atoms with Crippen LogP contribution in [-0.2, 0) is 11.3 Å². The molecule has 3 atom stereocenters. The van der Waals surface area contributed by atoms with Gasteiger partial charge in [0.15, 0.2) is 11.5 Å². The summed E-state index contributed by atoms with van der Waals surface area (Å²) in [6.07, 6.45) is 4.19. The average molecular weight is 441 g/mol. The van der Waals surface area contributed by atoms with Crippen LogP contribution in [0, 0.1) is 5.92 Å². The number of benzene rings is 3. The van der Waals surface area contributed by atoms with Gasteiger partial charge in [0.25, 0.3) is 0 Å². The summed E-state index contributed by atoms with van der Waals surface area (Å²) in [5.74, 6) is 1.84. The summed E-state index contributed by atoms with van der Waals surface area (Å²) in [5.41, 5.74) is 4.54. The Morgan fingerprint density at radius 1 is 0.848 bits per heavy atom. The van der Waals surface area contributed by atoms with E-state index in [1.807, 2.05) is 29.2 Å². The van der Waals surface area contributed by atoms with Gasteiger partial charge in [-0.05, 0) is 47.2 Å². The van der Waals surface area contributed by atoms with Crippen LogP contribution in [0.2, 0.25) is 0 Å². The van der Waals surface area contributed by atoms with Crippen molar-refractivity contribution in [1.82, 2.24) is 10.2 Å². The monoisotopic (exact) mass is 440 g/mol. The molecular weight excluding hydrogens is 412 g/mol. The molecule has 0 spiro atoms. The highest BCUT2D eigenvalue weighted by atomic mass is 16.7. The number of carbonyl (C=O) groups excluding carboxylic acids is 1. The van der Waals surface area contributed by atoms with Crippen molar-refractivity contribution in [3.63, 3.8) is 0 Å². The normalized spacial score (nSPS) is 23.9. The Balaban J connectivity index is 1.31. The highest BCUT2D eigenvalue weighted by Gasteiger charge is 2.42. The Morgan fingerprint density at radius 3 is 2.45 bits per heavy atom. The van der Waals surface area contributed by atoms with Gasteiger partial charge < -0.3 is 14.4 Å². The number of carbonyl (C=O) groups is 1. The zero-order chi connectivity index (χ0) is 22.2. The highest BCUT2D eigenvalue weighted by molar-refractivity contribution is 5.81. The number of hydrogen-bond donors (Lipinski definition) is 1. The van der Waals surface area contributed by atoms with Crippen LogP contribution in [0.15, 0.2) is 72.8 Å². The van der Waals surface area contributed by atoms with Crippen molar-refractivity contribution in [3.05, 3.63) is 83.9 Å². The molecule has 1 aliphatic carbocycles. The van der Waals surface area contributed by atoms with E-state index in [1.165, 1.54) is 17.5 Å². The third-order valence-electron chi connectivity index (χ3n) is 7.17. The van der Waals surface area contributed by atoms with Crippen molar-refractivity contribution in [1.29, 1.82) is 0 Å². The third kappa shape index (κ3) is 3.87. The van der Waals surface area contributed by atoms with Crippen molar-refractivity contribution >= 4 is 5.91 Å². The predicted octanol–water partition coefficient (Wildman–Crippen LogP) is 5.27. The largest absolute Gasteiger partial charge is 0.454 e. The molecule has 2 heterocycles. The van der Waals surface area contributed by atoms with Gasteiger partial charge in [0, 0.05) is 12.6 Å². The van der Waals surface area contributed by atoms with Gasteiger partial charge in [0.2, 0.25) is 12.7 Å². The lowest BCUT2D eigenvalue weighted by Gasteiger charge is -2.46. The standard InChI is InChI=1S/C28H28N2O3/c31-28-23-8-4-5-9-24(23)29-27(22-13-11-21(12-14-22)20-6-2-1-3-7-20)30(28)17-19-10-15-25-26(16-19)33-18-32-25/h1-3,6-7,10-16,23-24,27,29H,4-5,8-9,17-18H2. The summed E-state index contributed by atoms with van der Waals surface area (Å²) in [6.45, 7) is 0.792. The van der Waals surface area contributed by atoms with Crippen molar-refractivity contribution in [2.45, 2.75) is 44.4 Å². The molecule has 5 nitrogen and oxygen atoms in total. The molecule has 2 fully saturated rings. The molecule has 2 aliphatic heterocycles. The first-order chi connectivity index (χ1) is 16.3. The molecule has 0 bridgehead atoms. The second kappa shape index (κ2) is 8.56. The average Bonchev–Trinajstić information content (AvgIpc) is 3.34. The molecule has 0 aromatic heterocycles. The predicted molar refractivity (Wildman–Crippen MR) is 127 cm³/mol. The van der Waals surface area contributed by atoms with E-state index in [1.54, 1.807) is 0 Å².